The average molecular weight is 394 g/mol. The van der Waals surface area contributed by atoms with Crippen LogP contribution in [0.5, 0.6) is 0 Å². The van der Waals surface area contributed by atoms with Crippen molar-refractivity contribution in [3.63, 3.8) is 0 Å². The van der Waals surface area contributed by atoms with Crippen molar-refractivity contribution in [2.45, 2.75) is 25.9 Å². The van der Waals surface area contributed by atoms with Crippen molar-refractivity contribution < 1.29 is 14.0 Å². The molecule has 6 heteroatoms. The zero-order chi connectivity index (χ0) is 19.7. The third-order valence-corrected chi connectivity index (χ3v) is 6.08. The maximum atomic E-state index is 13.3. The smallest absolute Gasteiger partial charge is 0.228 e. The molecule has 0 aliphatic carbocycles. The van der Waals surface area contributed by atoms with Crippen molar-refractivity contribution in [1.29, 1.82) is 0 Å². The molecule has 1 saturated heterocycles. The molecule has 3 aromatic rings. The van der Waals surface area contributed by atoms with Crippen molar-refractivity contribution >= 4 is 28.8 Å². The molecule has 3 heterocycles. The fraction of sp³-hybridized carbons (Fsp3) is 0.273. The number of hydrogen-bond donors (Lipinski definition) is 0. The highest BCUT2D eigenvalue weighted by molar-refractivity contribution is 7.10. The van der Waals surface area contributed by atoms with Crippen LogP contribution < -0.4 is 4.90 Å². The number of furan rings is 1. The number of carbonyl (C=O) groups excluding carboxylic acids is 2. The molecule has 2 unspecified atom stereocenters. The second-order valence-corrected chi connectivity index (χ2v) is 8.12. The van der Waals surface area contributed by atoms with E-state index >= 15 is 0 Å². The first kappa shape index (κ1) is 18.5. The highest BCUT2D eigenvalue weighted by Gasteiger charge is 2.46. The Bertz CT molecular complexity index is 948. The minimum Gasteiger partial charge on any atom is -0.467 e. The molecule has 28 heavy (non-hydrogen) atoms. The van der Waals surface area contributed by atoms with Crippen LogP contribution >= 0.6 is 11.3 Å². The van der Waals surface area contributed by atoms with Gasteiger partial charge in [-0.2, -0.15) is 0 Å². The van der Waals surface area contributed by atoms with Crippen LogP contribution in [0, 0.1) is 12.8 Å². The minimum absolute atomic E-state index is 0.0213. The highest BCUT2D eigenvalue weighted by Crippen LogP contribution is 2.43. The van der Waals surface area contributed by atoms with Crippen molar-refractivity contribution in [3.8, 4) is 0 Å². The van der Waals surface area contributed by atoms with Crippen molar-refractivity contribution in [2.24, 2.45) is 5.92 Å². The first-order chi connectivity index (χ1) is 13.5. The van der Waals surface area contributed by atoms with Gasteiger partial charge < -0.3 is 14.2 Å². The van der Waals surface area contributed by atoms with Gasteiger partial charge in [0, 0.05) is 24.0 Å². The van der Waals surface area contributed by atoms with Crippen LogP contribution in [-0.4, -0.2) is 23.8 Å². The van der Waals surface area contributed by atoms with E-state index in [9.17, 15) is 9.59 Å². The lowest BCUT2D eigenvalue weighted by Crippen LogP contribution is -2.36. The van der Waals surface area contributed by atoms with E-state index < -0.39 is 5.92 Å². The Kier molecular flexibility index (Phi) is 5.05. The van der Waals surface area contributed by atoms with Gasteiger partial charge >= 0.3 is 0 Å². The molecule has 0 N–H and O–H groups in total. The molecule has 1 aliphatic heterocycles. The normalized spacial score (nSPS) is 19.2. The monoisotopic (exact) mass is 394 g/mol. The molecule has 0 spiro atoms. The third-order valence-electron chi connectivity index (χ3n) is 5.14. The summed E-state index contributed by atoms with van der Waals surface area (Å²) in [5, 5.41) is 1.99. The Morgan fingerprint density at radius 2 is 2.00 bits per heavy atom. The minimum atomic E-state index is -0.424. The molecular weight excluding hydrogens is 372 g/mol. The fourth-order valence-electron chi connectivity index (χ4n) is 3.75. The number of aryl methyl sites for hydroxylation is 1. The van der Waals surface area contributed by atoms with Crippen LogP contribution in [0.1, 0.15) is 28.7 Å². The first-order valence-electron chi connectivity index (χ1n) is 9.24. The van der Waals surface area contributed by atoms with E-state index in [1.54, 1.807) is 40.5 Å². The van der Waals surface area contributed by atoms with E-state index in [2.05, 4.69) is 0 Å². The number of carbonyl (C=O) groups is 2. The predicted molar refractivity (Wildman–Crippen MR) is 109 cm³/mol. The van der Waals surface area contributed by atoms with Crippen LogP contribution in [-0.2, 0) is 16.1 Å². The molecule has 4 rings (SSSR count). The average Bonchev–Trinajstić information content (AvgIpc) is 3.42. The van der Waals surface area contributed by atoms with Crippen LogP contribution in [0.15, 0.2) is 64.6 Å². The number of thiophene rings is 1. The molecule has 2 amide bonds. The molecule has 144 valence electrons. The number of benzene rings is 1. The van der Waals surface area contributed by atoms with Crippen molar-refractivity contribution in [3.05, 3.63) is 76.4 Å². The Morgan fingerprint density at radius 1 is 1.21 bits per heavy atom. The topological polar surface area (TPSA) is 53.8 Å². The van der Waals surface area contributed by atoms with Crippen LogP contribution in [0.25, 0.3) is 0 Å². The second-order valence-electron chi connectivity index (χ2n) is 7.14. The molecule has 5 nitrogen and oxygen atoms in total. The summed E-state index contributed by atoms with van der Waals surface area (Å²) in [7, 11) is 1.76. The van der Waals surface area contributed by atoms with Crippen molar-refractivity contribution in [1.82, 2.24) is 4.90 Å². The molecule has 0 radical (unpaired) electrons. The van der Waals surface area contributed by atoms with Gasteiger partial charge in [-0.05, 0) is 42.6 Å². The summed E-state index contributed by atoms with van der Waals surface area (Å²) in [6.45, 7) is 2.40. The van der Waals surface area contributed by atoms with E-state index in [0.29, 0.717) is 6.54 Å². The van der Waals surface area contributed by atoms with Crippen LogP contribution in [0.2, 0.25) is 0 Å². The molecule has 0 bridgehead atoms. The number of rotatable bonds is 5. The summed E-state index contributed by atoms with van der Waals surface area (Å²) in [5.41, 5.74) is 1.96. The van der Waals surface area contributed by atoms with E-state index in [-0.39, 0.29) is 24.3 Å². The molecule has 1 fully saturated rings. The summed E-state index contributed by atoms with van der Waals surface area (Å²) < 4.78 is 5.37. The summed E-state index contributed by atoms with van der Waals surface area (Å²) in [5.74, 6) is 0.236. The van der Waals surface area contributed by atoms with E-state index in [1.165, 1.54) is 0 Å². The number of nitrogens with zero attached hydrogens (tertiary/aromatic N) is 2. The van der Waals surface area contributed by atoms with Gasteiger partial charge in [0.05, 0.1) is 24.8 Å². The van der Waals surface area contributed by atoms with Gasteiger partial charge in [-0.1, -0.05) is 23.8 Å². The summed E-state index contributed by atoms with van der Waals surface area (Å²) in [6, 6.07) is 15.2. The highest BCUT2D eigenvalue weighted by atomic mass is 32.1. The van der Waals surface area contributed by atoms with Crippen LogP contribution in [0.4, 0.5) is 5.69 Å². The Labute approximate surface area is 168 Å². The number of anilines is 1. The quantitative estimate of drug-likeness (QED) is 0.644. The Hall–Kier alpha value is -2.86. The van der Waals surface area contributed by atoms with Crippen LogP contribution in [0.3, 0.4) is 0 Å². The van der Waals surface area contributed by atoms with Gasteiger partial charge in [0.2, 0.25) is 11.8 Å². The zero-order valence-electron chi connectivity index (χ0n) is 15.9. The first-order valence-corrected chi connectivity index (χ1v) is 10.1. The fourth-order valence-corrected chi connectivity index (χ4v) is 4.63. The summed E-state index contributed by atoms with van der Waals surface area (Å²) in [4.78, 5) is 30.7. The Balaban J connectivity index is 1.65. The number of amides is 2. The lowest BCUT2D eigenvalue weighted by Gasteiger charge is -2.29. The van der Waals surface area contributed by atoms with Gasteiger partial charge in [-0.25, -0.2) is 0 Å². The largest absolute Gasteiger partial charge is 0.467 e. The lowest BCUT2D eigenvalue weighted by atomic mass is 9.97. The molecule has 0 saturated carbocycles. The zero-order valence-corrected chi connectivity index (χ0v) is 16.7. The lowest BCUT2D eigenvalue weighted by molar-refractivity contribution is -0.136. The summed E-state index contributed by atoms with van der Waals surface area (Å²) >= 11 is 1.58. The molecule has 2 aromatic heterocycles. The standard InChI is InChI=1S/C22H22N2O3S/c1-15-7-9-16(10-8-15)24-20(25)13-18(21(24)19-6-4-12-28-19)22(26)23(2)14-17-5-3-11-27-17/h3-12,18,21H,13-14H2,1-2H3. The molecular formula is C22H22N2O3S. The second kappa shape index (κ2) is 7.64. The predicted octanol–water partition coefficient (Wildman–Crippen LogP) is 4.40. The van der Waals surface area contributed by atoms with Gasteiger partial charge in [0.25, 0.3) is 0 Å². The van der Waals surface area contributed by atoms with Gasteiger partial charge in [0.1, 0.15) is 5.76 Å². The van der Waals surface area contributed by atoms with Gasteiger partial charge in [-0.3, -0.25) is 9.59 Å². The maximum absolute atomic E-state index is 13.3. The van der Waals surface area contributed by atoms with E-state index in [0.717, 1.165) is 21.9 Å². The van der Waals surface area contributed by atoms with Crippen molar-refractivity contribution in [2.75, 3.05) is 11.9 Å². The Morgan fingerprint density at radius 3 is 2.64 bits per heavy atom. The SMILES string of the molecule is Cc1ccc(N2C(=O)CC(C(=O)N(C)Cc3ccco3)C2c2cccs2)cc1. The van der Waals surface area contributed by atoms with Gasteiger partial charge in [-0.15, -0.1) is 11.3 Å². The third kappa shape index (κ3) is 3.47. The van der Waals surface area contributed by atoms with E-state index in [4.69, 9.17) is 4.42 Å². The maximum Gasteiger partial charge on any atom is 0.228 e. The summed E-state index contributed by atoms with van der Waals surface area (Å²) in [6.07, 6.45) is 1.80. The molecule has 2 atom stereocenters. The number of hydrogen-bond acceptors (Lipinski definition) is 4. The molecule has 1 aliphatic rings. The van der Waals surface area contributed by atoms with E-state index in [1.807, 2.05) is 54.8 Å². The molecule has 1 aromatic carbocycles. The van der Waals surface area contributed by atoms with Gasteiger partial charge in [0.15, 0.2) is 0 Å².